The van der Waals surface area contributed by atoms with E-state index in [2.05, 4.69) is 116 Å². The number of carbonyl (C=O) groups excluding carboxylic acids is 1. The van der Waals surface area contributed by atoms with E-state index >= 15 is 0 Å². The van der Waals surface area contributed by atoms with E-state index in [4.69, 9.17) is 4.43 Å². The Labute approximate surface area is 213 Å². The van der Waals surface area contributed by atoms with E-state index in [1.165, 1.54) is 21.5 Å². The fourth-order valence-electron chi connectivity index (χ4n) is 6.24. The average Bonchev–Trinajstić information content (AvgIpc) is 3.19. The summed E-state index contributed by atoms with van der Waals surface area (Å²) in [7, 11) is -2.65. The van der Waals surface area contributed by atoms with Gasteiger partial charge in [-0.05, 0) is 64.4 Å². The van der Waals surface area contributed by atoms with Crippen LogP contribution >= 0.6 is 15.9 Å². The van der Waals surface area contributed by atoms with E-state index in [1.54, 1.807) is 0 Å². The van der Waals surface area contributed by atoms with Crippen LogP contribution in [0.4, 0.5) is 0 Å². The Morgan fingerprint density at radius 3 is 2.03 bits per heavy atom. The molecule has 0 heterocycles. The molecule has 5 rings (SSSR count). The van der Waals surface area contributed by atoms with Gasteiger partial charge in [0.1, 0.15) is 5.78 Å². The van der Waals surface area contributed by atoms with Gasteiger partial charge in [0.15, 0.2) is 0 Å². The first-order valence-electron chi connectivity index (χ1n) is 12.3. The van der Waals surface area contributed by atoms with E-state index in [0.29, 0.717) is 12.2 Å². The van der Waals surface area contributed by atoms with Gasteiger partial charge < -0.3 is 4.43 Å². The molecule has 1 spiro atoms. The third-order valence-electron chi connectivity index (χ3n) is 7.94. The second-order valence-electron chi connectivity index (χ2n) is 11.1. The molecule has 0 N–H and O–H groups in total. The van der Waals surface area contributed by atoms with E-state index in [9.17, 15) is 4.79 Å². The number of hydrogen-bond acceptors (Lipinski definition) is 2. The normalized spacial score (nSPS) is 22.7. The summed E-state index contributed by atoms with van der Waals surface area (Å²) in [6, 6.07) is 28.0. The van der Waals surface area contributed by atoms with Crippen LogP contribution in [0.1, 0.15) is 51.2 Å². The third kappa shape index (κ3) is 4.04. The van der Waals surface area contributed by atoms with Gasteiger partial charge in [0.2, 0.25) is 0 Å². The van der Waals surface area contributed by atoms with Gasteiger partial charge in [0, 0.05) is 16.3 Å². The topological polar surface area (TPSA) is 26.3 Å². The summed E-state index contributed by atoms with van der Waals surface area (Å²) in [6.45, 7) is 6.91. The maximum absolute atomic E-state index is 13.7. The van der Waals surface area contributed by atoms with Gasteiger partial charge in [0.05, 0.1) is 6.10 Å². The molecular weight excluding hydrogens is 500 g/mol. The Balaban J connectivity index is 1.46. The predicted molar refractivity (Wildman–Crippen MR) is 145 cm³/mol. The first-order chi connectivity index (χ1) is 16.2. The lowest BCUT2D eigenvalue weighted by molar-refractivity contribution is -0.134. The van der Waals surface area contributed by atoms with E-state index in [0.717, 1.165) is 30.2 Å². The van der Waals surface area contributed by atoms with Crippen molar-refractivity contribution in [2.24, 2.45) is 5.41 Å². The fourth-order valence-corrected chi connectivity index (χ4v) is 11.4. The minimum atomic E-state index is -2.65. The molecule has 2 aliphatic carbocycles. The summed E-state index contributed by atoms with van der Waals surface area (Å²) >= 11 is 3.60. The zero-order chi connectivity index (χ0) is 24.0. The first kappa shape index (κ1) is 23.7. The second-order valence-corrected chi connectivity index (χ2v) is 16.3. The SMILES string of the molecule is CC(C)(C)[Si](O[C@@H]1CCC2(Cc3ccc(Br)cc3C2)C(=O)C1)(c1ccccc1)c1ccccc1. The summed E-state index contributed by atoms with van der Waals surface area (Å²) in [4.78, 5) is 13.7. The predicted octanol–water partition coefficient (Wildman–Crippen LogP) is 6.23. The number of Topliss-reactive ketones (excluding diaryl/α,β-unsaturated/α-hetero) is 1. The van der Waals surface area contributed by atoms with Crippen molar-refractivity contribution < 1.29 is 9.22 Å². The second kappa shape index (κ2) is 8.89. The molecule has 0 bridgehead atoms. The Morgan fingerprint density at radius 2 is 1.47 bits per heavy atom. The van der Waals surface area contributed by atoms with Gasteiger partial charge >= 0.3 is 0 Å². The molecule has 2 atom stereocenters. The highest BCUT2D eigenvalue weighted by Gasteiger charge is 2.54. The summed E-state index contributed by atoms with van der Waals surface area (Å²) < 4.78 is 8.39. The van der Waals surface area contributed by atoms with Crippen molar-refractivity contribution in [1.29, 1.82) is 0 Å². The van der Waals surface area contributed by atoms with Crippen molar-refractivity contribution in [1.82, 2.24) is 0 Å². The molecule has 4 heteroatoms. The number of halogens is 1. The number of benzene rings is 3. The largest absolute Gasteiger partial charge is 0.404 e. The summed E-state index contributed by atoms with van der Waals surface area (Å²) in [5, 5.41) is 2.48. The lowest BCUT2D eigenvalue weighted by Crippen LogP contribution is -2.68. The van der Waals surface area contributed by atoms with Gasteiger partial charge in [-0.15, -0.1) is 0 Å². The van der Waals surface area contributed by atoms with Crippen LogP contribution in [-0.2, 0) is 22.1 Å². The van der Waals surface area contributed by atoms with E-state index in [1.807, 2.05) is 0 Å². The van der Waals surface area contributed by atoms with Crippen molar-refractivity contribution in [3.63, 3.8) is 0 Å². The van der Waals surface area contributed by atoms with Crippen LogP contribution in [-0.4, -0.2) is 20.2 Å². The van der Waals surface area contributed by atoms with E-state index in [-0.39, 0.29) is 16.6 Å². The molecule has 0 radical (unpaired) electrons. The summed E-state index contributed by atoms with van der Waals surface area (Å²) in [5.41, 5.74) is 2.42. The molecule has 0 aliphatic heterocycles. The van der Waals surface area contributed by atoms with Crippen LogP contribution < -0.4 is 10.4 Å². The molecule has 0 aromatic heterocycles. The zero-order valence-corrected chi connectivity index (χ0v) is 22.9. The Bertz CT molecular complexity index is 1150. The van der Waals surface area contributed by atoms with Crippen molar-refractivity contribution in [3.05, 3.63) is 94.5 Å². The molecule has 176 valence electrons. The van der Waals surface area contributed by atoms with Crippen molar-refractivity contribution in [3.8, 4) is 0 Å². The fraction of sp³-hybridized carbons (Fsp3) is 0.367. The smallest absolute Gasteiger partial charge is 0.261 e. The molecule has 1 unspecified atom stereocenters. The molecule has 1 saturated carbocycles. The van der Waals surface area contributed by atoms with Gasteiger partial charge in [-0.2, -0.15) is 0 Å². The molecule has 2 aliphatic rings. The molecule has 34 heavy (non-hydrogen) atoms. The van der Waals surface area contributed by atoms with Crippen molar-refractivity contribution in [2.75, 3.05) is 0 Å². The summed E-state index contributed by atoms with van der Waals surface area (Å²) in [5.74, 6) is 0.383. The Hall–Kier alpha value is -2.01. The molecular formula is C30H33BrO2Si. The molecule has 3 aromatic rings. The van der Waals surface area contributed by atoms with Crippen LogP contribution in [0.3, 0.4) is 0 Å². The zero-order valence-electron chi connectivity index (χ0n) is 20.3. The molecule has 2 nitrogen and oxygen atoms in total. The number of ketones is 1. The number of fused-ring (bicyclic) bond motifs is 1. The highest BCUT2D eigenvalue weighted by Crippen LogP contribution is 2.47. The lowest BCUT2D eigenvalue weighted by atomic mass is 9.70. The Morgan fingerprint density at radius 1 is 0.882 bits per heavy atom. The Kier molecular flexibility index (Phi) is 6.20. The van der Waals surface area contributed by atoms with Crippen molar-refractivity contribution >= 4 is 40.4 Å². The average molecular weight is 534 g/mol. The van der Waals surface area contributed by atoms with Crippen molar-refractivity contribution in [2.45, 2.75) is 64.0 Å². The number of rotatable bonds is 4. The quantitative estimate of drug-likeness (QED) is 0.372. The highest BCUT2D eigenvalue weighted by atomic mass is 79.9. The summed E-state index contributed by atoms with van der Waals surface area (Å²) in [6.07, 6.45) is 4.05. The van der Waals surface area contributed by atoms with Crippen LogP contribution in [0, 0.1) is 5.41 Å². The number of hydrogen-bond donors (Lipinski definition) is 0. The minimum absolute atomic E-state index is 0.0418. The van der Waals surface area contributed by atoms with Gasteiger partial charge in [-0.25, -0.2) is 0 Å². The van der Waals surface area contributed by atoms with Crippen LogP contribution in [0.5, 0.6) is 0 Å². The molecule has 0 amide bonds. The van der Waals surface area contributed by atoms with Gasteiger partial charge in [-0.1, -0.05) is 103 Å². The van der Waals surface area contributed by atoms with E-state index < -0.39 is 8.32 Å². The minimum Gasteiger partial charge on any atom is -0.404 e. The molecule has 3 aromatic carbocycles. The maximum atomic E-state index is 13.7. The highest BCUT2D eigenvalue weighted by molar-refractivity contribution is 9.10. The van der Waals surface area contributed by atoms with Gasteiger partial charge in [0.25, 0.3) is 8.32 Å². The molecule has 0 saturated heterocycles. The van der Waals surface area contributed by atoms with Crippen LogP contribution in [0.15, 0.2) is 83.3 Å². The monoisotopic (exact) mass is 532 g/mol. The standard InChI is InChI=1S/C30H33BrO2Si/c1-29(2,3)34(26-10-6-4-7-11-26,27-12-8-5-9-13-27)33-25-16-17-30(28(32)19-25)20-22-14-15-24(31)18-23(22)21-30/h4-15,18,25H,16-17,19-21H2,1-3H3/t25-,30?/m1/s1. The van der Waals surface area contributed by atoms with Crippen LogP contribution in [0.2, 0.25) is 5.04 Å². The maximum Gasteiger partial charge on any atom is 0.261 e. The van der Waals surface area contributed by atoms with Crippen LogP contribution in [0.25, 0.3) is 0 Å². The molecule has 1 fully saturated rings. The lowest BCUT2D eigenvalue weighted by Gasteiger charge is -2.47. The third-order valence-corrected chi connectivity index (χ3v) is 13.5. The van der Waals surface area contributed by atoms with Gasteiger partial charge in [-0.3, -0.25) is 4.79 Å². The number of carbonyl (C=O) groups is 1. The first-order valence-corrected chi connectivity index (χ1v) is 15.0.